The molecule has 4 fully saturated rings. The fourth-order valence-electron chi connectivity index (χ4n) is 16.4. The van der Waals surface area contributed by atoms with Crippen LogP contribution in [0.15, 0.2) is 140 Å². The molecule has 2 saturated carbocycles. The molecule has 6 aromatic carbocycles. The molecule has 8 heterocycles. The van der Waals surface area contributed by atoms with Crippen LogP contribution in [0.25, 0.3) is 11.1 Å². The van der Waals surface area contributed by atoms with Gasteiger partial charge in [-0.3, -0.25) is 29.1 Å². The van der Waals surface area contributed by atoms with Crippen molar-refractivity contribution in [1.82, 2.24) is 19.6 Å². The van der Waals surface area contributed by atoms with Crippen molar-refractivity contribution in [3.05, 3.63) is 196 Å². The zero-order valence-electron chi connectivity index (χ0n) is 61.6. The highest BCUT2D eigenvalue weighted by molar-refractivity contribution is 6.08. The van der Waals surface area contributed by atoms with Gasteiger partial charge in [0.25, 0.3) is 23.6 Å². The van der Waals surface area contributed by atoms with Gasteiger partial charge in [0.1, 0.15) is 24.7 Å². The van der Waals surface area contributed by atoms with Gasteiger partial charge < -0.3 is 62.6 Å². The number of ether oxygens (including phenoxy) is 8. The van der Waals surface area contributed by atoms with Gasteiger partial charge in [-0.05, 0) is 172 Å². The van der Waals surface area contributed by atoms with Gasteiger partial charge in [0.2, 0.25) is 0 Å². The molecule has 0 bridgehead atoms. The van der Waals surface area contributed by atoms with Crippen LogP contribution >= 0.6 is 0 Å². The third-order valence-corrected chi connectivity index (χ3v) is 22.7. The first-order valence-electron chi connectivity index (χ1n) is 37.2. The lowest BCUT2D eigenvalue weighted by atomic mass is 9.97. The molecule has 10 aliphatic rings. The maximum atomic E-state index is 14.2. The number of amides is 6. The monoisotopic (exact) mass is 1450 g/mol. The number of carbonyl (C=O) groups excluding carboxylic acids is 6. The minimum atomic E-state index is -1.31. The van der Waals surface area contributed by atoms with E-state index in [-0.39, 0.29) is 97.0 Å². The lowest BCUT2D eigenvalue weighted by Gasteiger charge is -2.31. The minimum absolute atomic E-state index is 0.00300. The van der Waals surface area contributed by atoms with Crippen LogP contribution < -0.4 is 38.2 Å². The van der Waals surface area contributed by atoms with Gasteiger partial charge in [0.15, 0.2) is 29.2 Å². The zero-order valence-corrected chi connectivity index (χ0v) is 61.6. The number of aryl methyl sites for hydroxylation is 5. The molecule has 1 unspecified atom stereocenters. The molecule has 556 valence electrons. The summed E-state index contributed by atoms with van der Waals surface area (Å²) in [6, 6.07) is 30.1. The number of anilines is 2. The van der Waals surface area contributed by atoms with Gasteiger partial charge in [-0.25, -0.2) is 14.5 Å². The Hall–Kier alpha value is -10.9. The van der Waals surface area contributed by atoms with Crippen molar-refractivity contribution >= 4 is 70.2 Å². The Bertz CT molecular complexity index is 4670. The first kappa shape index (κ1) is 71.7. The first-order valence-corrected chi connectivity index (χ1v) is 37.2. The Morgan fingerprint density at radius 2 is 1.07 bits per heavy atom. The van der Waals surface area contributed by atoms with Crippen molar-refractivity contribution in [1.29, 1.82) is 0 Å². The van der Waals surface area contributed by atoms with Crippen molar-refractivity contribution in [2.45, 2.75) is 135 Å². The molecule has 2 saturated heterocycles. The Balaban J connectivity index is 0.000000176. The number of rotatable bonds is 20. The number of hydrogen-bond acceptors (Lipinski definition) is 16. The van der Waals surface area contributed by atoms with E-state index in [0.717, 1.165) is 83.5 Å². The summed E-state index contributed by atoms with van der Waals surface area (Å²) in [5, 5.41) is 11.6. The topological polar surface area (TPSA) is 228 Å². The second kappa shape index (κ2) is 29.5. The van der Waals surface area contributed by atoms with Crippen LogP contribution in [0, 0.1) is 38.5 Å². The average Bonchev–Trinajstić information content (AvgIpc) is 1.58. The van der Waals surface area contributed by atoms with Crippen LogP contribution in [0.3, 0.4) is 0 Å². The van der Waals surface area contributed by atoms with E-state index in [2.05, 4.69) is 44.3 Å². The third-order valence-electron chi connectivity index (χ3n) is 22.7. The Kier molecular flexibility index (Phi) is 19.8. The van der Waals surface area contributed by atoms with Gasteiger partial charge in [0, 0.05) is 74.4 Å². The highest BCUT2D eigenvalue weighted by atomic mass is 16.6. The van der Waals surface area contributed by atoms with Gasteiger partial charge in [-0.15, -0.1) is 0 Å². The molecule has 22 heteroatoms. The number of methoxy groups -OCH3 is 2. The highest BCUT2D eigenvalue weighted by Crippen LogP contribution is 2.58. The van der Waals surface area contributed by atoms with E-state index < -0.39 is 24.5 Å². The maximum absolute atomic E-state index is 14.2. The predicted molar refractivity (Wildman–Crippen MR) is 405 cm³/mol. The molecule has 5 atom stereocenters. The molecule has 1 N–H and O–H groups in total. The number of aliphatic imine (C=N–C) groups is 1. The van der Waals surface area contributed by atoms with Crippen molar-refractivity contribution in [3.8, 4) is 34.5 Å². The third kappa shape index (κ3) is 14.2. The number of fused-ring (bicyclic) bond motifs is 8. The second-order valence-corrected chi connectivity index (χ2v) is 30.1. The van der Waals surface area contributed by atoms with Crippen molar-refractivity contribution in [3.63, 3.8) is 0 Å². The van der Waals surface area contributed by atoms with Crippen LogP contribution in [0.4, 0.5) is 26.7 Å². The minimum Gasteiger partial charge on any atom is -0.493 e. The molecular formula is C85H91N7O15. The van der Waals surface area contributed by atoms with Crippen LogP contribution in [0.2, 0.25) is 0 Å². The highest BCUT2D eigenvalue weighted by Gasteiger charge is 2.58. The largest absolute Gasteiger partial charge is 0.493 e. The van der Waals surface area contributed by atoms with E-state index in [4.69, 9.17) is 42.9 Å². The van der Waals surface area contributed by atoms with Crippen LogP contribution in [0.1, 0.15) is 151 Å². The zero-order chi connectivity index (χ0) is 74.6. The van der Waals surface area contributed by atoms with Gasteiger partial charge in [-0.1, -0.05) is 85.0 Å². The molecule has 2 aliphatic carbocycles. The Labute approximate surface area is 623 Å². The molecule has 2 spiro atoms. The average molecular weight is 1450 g/mol. The Morgan fingerprint density at radius 1 is 0.561 bits per heavy atom. The lowest BCUT2D eigenvalue weighted by molar-refractivity contribution is 0.0496. The molecule has 107 heavy (non-hydrogen) atoms. The van der Waals surface area contributed by atoms with Crippen molar-refractivity contribution < 1.29 is 71.8 Å². The van der Waals surface area contributed by atoms with Crippen LogP contribution in [-0.2, 0) is 15.9 Å². The lowest BCUT2D eigenvalue weighted by Crippen LogP contribution is -2.50. The molecule has 8 aliphatic heterocycles. The van der Waals surface area contributed by atoms with Gasteiger partial charge >= 0.3 is 12.2 Å². The fourth-order valence-corrected chi connectivity index (χ4v) is 16.4. The summed E-state index contributed by atoms with van der Waals surface area (Å²) >= 11 is 0. The van der Waals surface area contributed by atoms with Crippen molar-refractivity contribution in [2.75, 3.05) is 83.3 Å². The number of aliphatic hydroxyl groups is 1. The van der Waals surface area contributed by atoms with E-state index in [9.17, 15) is 33.9 Å². The molecule has 6 aromatic rings. The predicted octanol–water partition coefficient (Wildman–Crippen LogP) is 14.1. The van der Waals surface area contributed by atoms with E-state index in [1.165, 1.54) is 53.7 Å². The van der Waals surface area contributed by atoms with Crippen LogP contribution in [0.5, 0.6) is 34.5 Å². The second-order valence-electron chi connectivity index (χ2n) is 30.1. The number of aliphatic hydroxyl groups excluding tert-OH is 1. The number of benzene rings is 6. The maximum Gasteiger partial charge on any atom is 0.416 e. The number of nitrogens with zero attached hydrogens (tertiary/aromatic N) is 7. The fraction of sp³-hybridized carbons (Fsp3) is 0.400. The molecule has 16 rings (SSSR count). The quantitative estimate of drug-likeness (QED) is 0.0554. The number of hydrogen-bond donors (Lipinski definition) is 1. The van der Waals surface area contributed by atoms with Gasteiger partial charge in [-0.2, -0.15) is 0 Å². The van der Waals surface area contributed by atoms with E-state index in [0.29, 0.717) is 108 Å². The molecular weight excluding hydrogens is 1360 g/mol. The van der Waals surface area contributed by atoms with Crippen LogP contribution in [-0.4, -0.2) is 171 Å². The first-order chi connectivity index (χ1) is 51.8. The molecule has 6 amide bonds. The summed E-state index contributed by atoms with van der Waals surface area (Å²) in [5.74, 6) is 2.54. The SMILES string of the molecule is C=CCOC(=O)N1C[C@@H]2CC(c3ccc(C)cc3)=CN2C(=O)c2cc(OC)c(OCCCOc3cc4c(cc3C)C(=O)N3CC5(CC5)C[C@H]3C(O)N4C(=O)OCC=C)cc21.COc1cc2c(cc1OCCCOc1cc3c(cc1C)C(=O)N1CC4(CC4)C[C@H]1C=N3)CC[C@@H]1CC(c3ccc(C)cc3)=CN1C2=O. The summed E-state index contributed by atoms with van der Waals surface area (Å²) in [7, 11) is 3.09. The van der Waals surface area contributed by atoms with E-state index in [1.807, 2.05) is 97.7 Å². The summed E-state index contributed by atoms with van der Waals surface area (Å²) in [6.45, 7) is 17.9. The molecule has 0 radical (unpaired) electrons. The Morgan fingerprint density at radius 3 is 1.67 bits per heavy atom. The summed E-state index contributed by atoms with van der Waals surface area (Å²) in [6.07, 6.45) is 16.2. The molecule has 0 aromatic heterocycles. The summed E-state index contributed by atoms with van der Waals surface area (Å²) in [5.41, 5.74) is 12.8. The normalized spacial score (nSPS) is 21.3. The van der Waals surface area contributed by atoms with E-state index >= 15 is 0 Å². The smallest absolute Gasteiger partial charge is 0.416 e. The van der Waals surface area contributed by atoms with Crippen molar-refractivity contribution in [2.24, 2.45) is 15.8 Å². The summed E-state index contributed by atoms with van der Waals surface area (Å²) in [4.78, 5) is 97.0. The molecule has 22 nitrogen and oxygen atoms in total. The number of carbonyl (C=O) groups is 6. The van der Waals surface area contributed by atoms with E-state index in [1.54, 1.807) is 41.2 Å². The standard InChI is InChI=1S/C46H50N4O10.C39H41N3O5/c1-6-15-59-44(54)48-26-32-20-31(30-11-9-28(3)10-12-30)25-47(32)41(51)34-21-39(56-5)40(22-35(34)48)58-18-8-17-57-38-23-36-33(19-29(38)4)42(52)49-27-46(13-14-46)24-37(49)43(53)50(36)45(55)60-16-7-2;1-24-5-7-26(8-6-24)28-16-29-10-9-27-17-36(35(45-3)18-31(27)37(43)41(29)22-28)47-14-4-13-46-34-19-33-32(15-25(34)2)38(44)42-23-39(11-12-39)20-30(42)21-40-33/h6-7,9-12,19,21-23,25,32,37,43,53H,1-2,8,13-18,20,24,26-27H2,3-5H3;5-8,15,17-19,21-22,29-30H,4,9-14,16,20,23H2,1-3H3/t32-,37-,43?;29-,30+/m01/s1. The summed E-state index contributed by atoms with van der Waals surface area (Å²) < 4.78 is 47.0. The van der Waals surface area contributed by atoms with Gasteiger partial charge in [0.05, 0.1) is 99.1 Å².